The van der Waals surface area contributed by atoms with Crippen molar-refractivity contribution in [1.82, 2.24) is 24.9 Å². The second-order valence-corrected chi connectivity index (χ2v) is 8.01. The minimum Gasteiger partial charge on any atom is -0.351 e. The fourth-order valence-electron chi connectivity index (χ4n) is 4.53. The zero-order chi connectivity index (χ0) is 21.4. The van der Waals surface area contributed by atoms with Crippen molar-refractivity contribution in [2.75, 3.05) is 24.5 Å². The molecule has 3 aromatic rings. The molecule has 0 bridgehead atoms. The van der Waals surface area contributed by atoms with Crippen molar-refractivity contribution < 1.29 is 4.79 Å². The highest BCUT2D eigenvalue weighted by Gasteiger charge is 2.27. The Morgan fingerprint density at radius 3 is 2.77 bits per heavy atom. The number of fused-ring (bicyclic) bond motifs is 1. The second-order valence-electron chi connectivity index (χ2n) is 8.01. The van der Waals surface area contributed by atoms with Crippen LogP contribution in [0.25, 0.3) is 5.69 Å². The molecule has 156 valence electrons. The number of carbonyl (C=O) groups excluding carboxylic acids is 1. The molecule has 0 saturated carbocycles. The zero-order valence-corrected chi connectivity index (χ0v) is 17.5. The lowest BCUT2D eigenvalue weighted by atomic mass is 9.97. The Bertz CT molecular complexity index is 1190. The first-order valence-electron chi connectivity index (χ1n) is 10.6. The van der Waals surface area contributed by atoms with Gasteiger partial charge in [0.15, 0.2) is 5.69 Å². The largest absolute Gasteiger partial charge is 0.351 e. The van der Waals surface area contributed by atoms with E-state index in [4.69, 9.17) is 0 Å². The Hall–Kier alpha value is -3.73. The van der Waals surface area contributed by atoms with Crippen LogP contribution < -0.4 is 4.90 Å². The van der Waals surface area contributed by atoms with Gasteiger partial charge in [0.25, 0.3) is 5.91 Å². The van der Waals surface area contributed by atoms with Crippen LogP contribution in [0.15, 0.2) is 36.5 Å². The van der Waals surface area contributed by atoms with Crippen LogP contribution in [0.4, 0.5) is 5.82 Å². The van der Waals surface area contributed by atoms with E-state index in [2.05, 4.69) is 32.3 Å². The number of hydrogen-bond donors (Lipinski definition) is 0. The van der Waals surface area contributed by atoms with Crippen LogP contribution in [0.2, 0.25) is 0 Å². The normalized spacial score (nSPS) is 15.6. The summed E-state index contributed by atoms with van der Waals surface area (Å²) in [5, 5.41) is 18.0. The molecule has 0 spiro atoms. The smallest absolute Gasteiger partial charge is 0.276 e. The highest BCUT2D eigenvalue weighted by Crippen LogP contribution is 2.29. The second kappa shape index (κ2) is 7.84. The number of carbonyl (C=O) groups is 1. The van der Waals surface area contributed by atoms with E-state index in [1.807, 2.05) is 24.0 Å². The van der Waals surface area contributed by atoms with Crippen molar-refractivity contribution in [2.24, 2.45) is 0 Å². The van der Waals surface area contributed by atoms with Crippen molar-refractivity contribution in [2.45, 2.75) is 32.7 Å². The van der Waals surface area contributed by atoms with Crippen molar-refractivity contribution in [3.8, 4) is 11.8 Å². The monoisotopic (exact) mass is 413 g/mol. The Labute approximate surface area is 180 Å². The lowest BCUT2D eigenvalue weighted by Gasteiger charge is -2.31. The van der Waals surface area contributed by atoms with Gasteiger partial charge in [0.05, 0.1) is 16.9 Å². The molecule has 4 heterocycles. The van der Waals surface area contributed by atoms with Gasteiger partial charge in [0.1, 0.15) is 11.9 Å². The van der Waals surface area contributed by atoms with Crippen molar-refractivity contribution >= 4 is 11.7 Å². The molecule has 1 saturated heterocycles. The first-order valence-corrected chi connectivity index (χ1v) is 10.6. The highest BCUT2D eigenvalue weighted by molar-refractivity contribution is 5.93. The van der Waals surface area contributed by atoms with Crippen LogP contribution in [0.3, 0.4) is 0 Å². The van der Waals surface area contributed by atoms with E-state index in [0.717, 1.165) is 56.1 Å². The van der Waals surface area contributed by atoms with E-state index in [9.17, 15) is 10.1 Å². The molecule has 0 radical (unpaired) electrons. The van der Waals surface area contributed by atoms with Gasteiger partial charge in [-0.05, 0) is 55.5 Å². The molecular weight excluding hydrogens is 390 g/mol. The Morgan fingerprint density at radius 1 is 1.13 bits per heavy atom. The first-order chi connectivity index (χ1) is 15.2. The van der Waals surface area contributed by atoms with Gasteiger partial charge >= 0.3 is 0 Å². The lowest BCUT2D eigenvalue weighted by Crippen LogP contribution is -2.32. The van der Waals surface area contributed by atoms with Crippen LogP contribution in [0, 0.1) is 18.3 Å². The summed E-state index contributed by atoms with van der Waals surface area (Å²) in [6, 6.07) is 12.0. The van der Waals surface area contributed by atoms with Gasteiger partial charge in [-0.2, -0.15) is 5.26 Å². The Kier molecular flexibility index (Phi) is 4.86. The van der Waals surface area contributed by atoms with Crippen LogP contribution in [0.5, 0.6) is 0 Å². The molecule has 0 aliphatic carbocycles. The number of aromatic nitrogens is 4. The minimum absolute atomic E-state index is 0.0311. The lowest BCUT2D eigenvalue weighted by molar-refractivity contribution is 0.0786. The maximum Gasteiger partial charge on any atom is 0.276 e. The van der Waals surface area contributed by atoms with Crippen LogP contribution >= 0.6 is 0 Å². The number of likely N-dealkylation sites (tertiary alicyclic amines) is 1. The molecule has 31 heavy (non-hydrogen) atoms. The number of anilines is 1. The maximum atomic E-state index is 12.8. The molecule has 2 aromatic heterocycles. The molecule has 1 amide bonds. The van der Waals surface area contributed by atoms with E-state index in [-0.39, 0.29) is 5.91 Å². The molecule has 0 unspecified atom stereocenters. The van der Waals surface area contributed by atoms with Gasteiger partial charge in [-0.3, -0.25) is 4.79 Å². The summed E-state index contributed by atoms with van der Waals surface area (Å²) in [5.41, 5.74) is 5.11. The summed E-state index contributed by atoms with van der Waals surface area (Å²) in [6.45, 7) is 4.91. The Balaban J connectivity index is 1.46. The molecule has 8 heteroatoms. The zero-order valence-electron chi connectivity index (χ0n) is 17.5. The molecule has 1 aromatic carbocycles. The van der Waals surface area contributed by atoms with E-state index >= 15 is 0 Å². The SMILES string of the molecule is Cc1c(C(=O)N2CCCC2)nnn1-c1cccc2c1CCN(c1ncccc1C#N)C2. The maximum absolute atomic E-state index is 12.8. The third-order valence-electron chi connectivity index (χ3n) is 6.17. The number of amides is 1. The van der Waals surface area contributed by atoms with Crippen molar-refractivity contribution in [3.63, 3.8) is 0 Å². The first kappa shape index (κ1) is 19.2. The number of nitrogens with zero attached hydrogens (tertiary/aromatic N) is 7. The predicted octanol–water partition coefficient (Wildman–Crippen LogP) is 2.64. The molecule has 0 N–H and O–H groups in total. The van der Waals surface area contributed by atoms with Crippen LogP contribution in [-0.4, -0.2) is 50.4 Å². The summed E-state index contributed by atoms with van der Waals surface area (Å²) in [5.74, 6) is 0.688. The standard InChI is InChI=1S/C23H23N7O/c1-16-21(23(31)28-11-2-3-12-28)26-27-30(16)20-8-4-6-18-15-29(13-9-19(18)20)22-17(14-24)7-5-10-25-22/h4-8,10H,2-3,9,11-13,15H2,1H3. The molecule has 1 fully saturated rings. The van der Waals surface area contributed by atoms with Gasteiger partial charge in [-0.15, -0.1) is 5.10 Å². The molecule has 2 aliphatic heterocycles. The topological polar surface area (TPSA) is 90.9 Å². The van der Waals surface area contributed by atoms with Crippen LogP contribution in [-0.2, 0) is 13.0 Å². The predicted molar refractivity (Wildman–Crippen MR) is 115 cm³/mol. The number of pyridine rings is 1. The number of benzene rings is 1. The van der Waals surface area contributed by atoms with Crippen LogP contribution in [0.1, 0.15) is 45.7 Å². The van der Waals surface area contributed by atoms with Gasteiger partial charge in [0, 0.05) is 32.4 Å². The Morgan fingerprint density at radius 2 is 1.97 bits per heavy atom. The summed E-state index contributed by atoms with van der Waals surface area (Å²) >= 11 is 0. The molecule has 5 rings (SSSR count). The van der Waals surface area contributed by atoms with E-state index < -0.39 is 0 Å². The molecule has 8 nitrogen and oxygen atoms in total. The summed E-state index contributed by atoms with van der Waals surface area (Å²) < 4.78 is 1.79. The van der Waals surface area contributed by atoms with Gasteiger partial charge in [-0.1, -0.05) is 17.3 Å². The van der Waals surface area contributed by atoms with Gasteiger partial charge in [0.2, 0.25) is 0 Å². The molecule has 0 atom stereocenters. The number of rotatable bonds is 3. The summed E-state index contributed by atoms with van der Waals surface area (Å²) in [6.07, 6.45) is 4.61. The number of hydrogen-bond acceptors (Lipinski definition) is 6. The summed E-state index contributed by atoms with van der Waals surface area (Å²) in [7, 11) is 0. The van der Waals surface area contributed by atoms with E-state index in [1.165, 1.54) is 11.1 Å². The van der Waals surface area contributed by atoms with Crippen molar-refractivity contribution in [1.29, 1.82) is 5.26 Å². The average Bonchev–Trinajstić information content (AvgIpc) is 3.48. The number of nitriles is 1. The molecule has 2 aliphatic rings. The third-order valence-corrected chi connectivity index (χ3v) is 6.17. The minimum atomic E-state index is -0.0311. The fourth-order valence-corrected chi connectivity index (χ4v) is 4.53. The fraction of sp³-hybridized carbons (Fsp3) is 0.348. The quantitative estimate of drug-likeness (QED) is 0.656. The average molecular weight is 413 g/mol. The van der Waals surface area contributed by atoms with Crippen molar-refractivity contribution in [3.05, 3.63) is 64.6 Å². The highest BCUT2D eigenvalue weighted by atomic mass is 16.2. The third kappa shape index (κ3) is 3.32. The van der Waals surface area contributed by atoms with E-state index in [0.29, 0.717) is 17.8 Å². The molecular formula is C23H23N7O. The van der Waals surface area contributed by atoms with Gasteiger partial charge < -0.3 is 9.80 Å². The summed E-state index contributed by atoms with van der Waals surface area (Å²) in [4.78, 5) is 21.3. The van der Waals surface area contributed by atoms with E-state index in [1.54, 1.807) is 23.0 Å². The van der Waals surface area contributed by atoms with Gasteiger partial charge in [-0.25, -0.2) is 9.67 Å².